The number of carbonyl (C=O) groups is 3. The van der Waals surface area contributed by atoms with Gasteiger partial charge in [-0.15, -0.1) is 0 Å². The zero-order chi connectivity index (χ0) is 26.4. The Morgan fingerprint density at radius 2 is 1.54 bits per heavy atom. The highest BCUT2D eigenvalue weighted by Gasteiger charge is 2.26. The predicted molar refractivity (Wildman–Crippen MR) is 142 cm³/mol. The number of halogens is 2. The normalized spacial score (nSPS) is 12.6. The first-order chi connectivity index (χ1) is 16.2. The van der Waals surface area contributed by atoms with Gasteiger partial charge in [0.25, 0.3) is 5.91 Å². The minimum Gasteiger partial charge on any atom is -0.464 e. The monoisotopic (exact) mass is 537 g/mol. The van der Waals surface area contributed by atoms with Gasteiger partial charge in [0.15, 0.2) is 0 Å². The topological polar surface area (TPSA) is 81.7 Å². The van der Waals surface area contributed by atoms with Crippen molar-refractivity contribution in [1.82, 2.24) is 5.32 Å². The number of benzene rings is 2. The van der Waals surface area contributed by atoms with Crippen LogP contribution in [-0.4, -0.2) is 44.2 Å². The second-order valence-corrected chi connectivity index (χ2v) is 16.9. The number of hydrogen-bond donors (Lipinski definition) is 1. The second-order valence-electron chi connectivity index (χ2n) is 10.5. The Bertz CT molecular complexity index is 1040. The van der Waals surface area contributed by atoms with E-state index in [0.29, 0.717) is 5.56 Å². The molecule has 35 heavy (non-hydrogen) atoms. The molecule has 0 fully saturated rings. The molecule has 1 N–H and O–H groups in total. The van der Waals surface area contributed by atoms with E-state index in [4.69, 9.17) is 32.7 Å². The van der Waals surface area contributed by atoms with Gasteiger partial charge in [-0.05, 0) is 56.6 Å². The first-order valence-electron chi connectivity index (χ1n) is 11.4. The molecule has 1 atom stereocenters. The Morgan fingerprint density at radius 1 is 0.971 bits per heavy atom. The Labute approximate surface area is 218 Å². The highest BCUT2D eigenvalue weighted by atomic mass is 35.5. The third kappa shape index (κ3) is 9.66. The maximum Gasteiger partial charge on any atom is 0.338 e. The van der Waals surface area contributed by atoms with Gasteiger partial charge in [-0.3, -0.25) is 4.79 Å². The second kappa shape index (κ2) is 12.1. The van der Waals surface area contributed by atoms with E-state index < -0.39 is 37.6 Å². The lowest BCUT2D eigenvalue weighted by Crippen LogP contribution is -2.44. The Kier molecular flexibility index (Phi) is 9.95. The summed E-state index contributed by atoms with van der Waals surface area (Å²) >= 11 is 12.3. The minimum atomic E-state index is -1.41. The predicted octanol–water partition coefficient (Wildman–Crippen LogP) is 6.17. The van der Waals surface area contributed by atoms with Crippen molar-refractivity contribution in [1.29, 1.82) is 0 Å². The zero-order valence-corrected chi connectivity index (χ0v) is 23.5. The fraction of sp³-hybridized carbons (Fsp3) is 0.423. The highest BCUT2D eigenvalue weighted by Crippen LogP contribution is 2.24. The van der Waals surface area contributed by atoms with Crippen molar-refractivity contribution in [3.8, 4) is 0 Å². The molecule has 0 aliphatic rings. The van der Waals surface area contributed by atoms with Crippen molar-refractivity contribution in [2.45, 2.75) is 64.5 Å². The number of nitrogens with one attached hydrogen (secondary N) is 1. The van der Waals surface area contributed by atoms with E-state index in [9.17, 15) is 14.4 Å². The van der Waals surface area contributed by atoms with Crippen LogP contribution in [0.1, 0.15) is 47.1 Å². The van der Waals surface area contributed by atoms with Crippen molar-refractivity contribution >= 4 is 49.1 Å². The van der Waals surface area contributed by atoms with Crippen molar-refractivity contribution < 1.29 is 23.9 Å². The molecule has 9 heteroatoms. The summed E-state index contributed by atoms with van der Waals surface area (Å²) in [6.07, 6.45) is 0.161. The summed E-state index contributed by atoms with van der Waals surface area (Å²) in [6, 6.07) is 11.3. The van der Waals surface area contributed by atoms with Gasteiger partial charge in [0.05, 0.1) is 27.8 Å². The molecule has 0 aromatic heterocycles. The molecule has 0 bridgehead atoms. The van der Waals surface area contributed by atoms with Crippen LogP contribution in [0, 0.1) is 0 Å². The number of esters is 2. The Hall–Kier alpha value is -2.35. The highest BCUT2D eigenvalue weighted by molar-refractivity contribution is 6.76. The van der Waals surface area contributed by atoms with Crippen LogP contribution in [-0.2, 0) is 20.7 Å². The maximum absolute atomic E-state index is 13.0. The molecule has 0 aliphatic heterocycles. The number of hydrogen-bond acceptors (Lipinski definition) is 5. The summed E-state index contributed by atoms with van der Waals surface area (Å²) in [5, 5.41) is 3.08. The van der Waals surface area contributed by atoms with E-state index in [1.807, 2.05) is 0 Å². The molecule has 1 amide bonds. The van der Waals surface area contributed by atoms with Crippen molar-refractivity contribution in [3.05, 3.63) is 69.2 Å². The van der Waals surface area contributed by atoms with Crippen LogP contribution in [0.4, 0.5) is 0 Å². The standard InChI is InChI=1S/C26H33Cl2NO5Si/c1-26(2,3)34-24(31)18-12-10-17(11-13-18)16-21(25(32)33-14-15-35(4,5)6)29-23(30)22-19(27)8-7-9-20(22)28/h7-13,21H,14-16H2,1-6H3,(H,29,30)/t21-/m0/s1. The first-order valence-corrected chi connectivity index (χ1v) is 15.9. The molecule has 2 aromatic rings. The van der Waals surface area contributed by atoms with Gasteiger partial charge < -0.3 is 14.8 Å². The van der Waals surface area contributed by atoms with Crippen LogP contribution in [0.15, 0.2) is 42.5 Å². The average molecular weight is 539 g/mol. The number of carbonyl (C=O) groups excluding carboxylic acids is 3. The van der Waals surface area contributed by atoms with Crippen LogP contribution >= 0.6 is 23.2 Å². The molecule has 0 radical (unpaired) electrons. The number of amides is 1. The fourth-order valence-corrected chi connectivity index (χ4v) is 4.33. The third-order valence-electron chi connectivity index (χ3n) is 4.90. The molecule has 6 nitrogen and oxygen atoms in total. The fourth-order valence-electron chi connectivity index (χ4n) is 3.05. The molecule has 2 rings (SSSR count). The van der Waals surface area contributed by atoms with Crippen molar-refractivity contribution in [2.24, 2.45) is 0 Å². The first kappa shape index (κ1) is 28.9. The van der Waals surface area contributed by atoms with Gasteiger partial charge >= 0.3 is 11.9 Å². The molecule has 0 aliphatic carbocycles. The van der Waals surface area contributed by atoms with Crippen LogP contribution in [0.2, 0.25) is 35.7 Å². The van der Waals surface area contributed by atoms with Gasteiger partial charge in [0, 0.05) is 14.5 Å². The largest absolute Gasteiger partial charge is 0.464 e. The van der Waals surface area contributed by atoms with Gasteiger partial charge in [-0.2, -0.15) is 0 Å². The lowest BCUT2D eigenvalue weighted by atomic mass is 10.0. The van der Waals surface area contributed by atoms with Crippen molar-refractivity contribution in [2.75, 3.05) is 6.61 Å². The summed E-state index contributed by atoms with van der Waals surface area (Å²) in [5.74, 6) is -1.55. The van der Waals surface area contributed by atoms with Crippen LogP contribution < -0.4 is 5.32 Å². The Morgan fingerprint density at radius 3 is 2.06 bits per heavy atom. The number of rotatable bonds is 9. The van der Waals surface area contributed by atoms with E-state index in [0.717, 1.165) is 11.6 Å². The minimum absolute atomic E-state index is 0.0935. The van der Waals surface area contributed by atoms with Crippen LogP contribution in [0.25, 0.3) is 0 Å². The lowest BCUT2D eigenvalue weighted by molar-refractivity contribution is -0.145. The smallest absolute Gasteiger partial charge is 0.338 e. The van der Waals surface area contributed by atoms with Crippen molar-refractivity contribution in [3.63, 3.8) is 0 Å². The molecule has 0 saturated carbocycles. The molecule has 0 spiro atoms. The molecule has 2 aromatic carbocycles. The summed E-state index contributed by atoms with van der Waals surface area (Å²) in [5.41, 5.74) is 0.612. The molecule has 0 saturated heterocycles. The third-order valence-corrected chi connectivity index (χ3v) is 7.24. The summed E-state index contributed by atoms with van der Waals surface area (Å²) < 4.78 is 10.9. The van der Waals surface area contributed by atoms with Gasteiger partial charge in [-0.1, -0.05) is 61.0 Å². The molecule has 190 valence electrons. The Balaban J connectivity index is 2.21. The van der Waals surface area contributed by atoms with E-state index in [2.05, 4.69) is 25.0 Å². The van der Waals surface area contributed by atoms with E-state index in [-0.39, 0.29) is 28.6 Å². The average Bonchev–Trinajstić information content (AvgIpc) is 2.71. The van der Waals surface area contributed by atoms with E-state index in [1.165, 1.54) is 0 Å². The molecule has 0 unspecified atom stereocenters. The molecular formula is C26H33Cl2NO5Si. The lowest BCUT2D eigenvalue weighted by Gasteiger charge is -2.21. The molecule has 0 heterocycles. The quantitative estimate of drug-likeness (QED) is 0.305. The van der Waals surface area contributed by atoms with E-state index >= 15 is 0 Å². The number of ether oxygens (including phenoxy) is 2. The van der Waals surface area contributed by atoms with Crippen LogP contribution in [0.3, 0.4) is 0 Å². The summed E-state index contributed by atoms with van der Waals surface area (Å²) in [4.78, 5) is 38.2. The van der Waals surface area contributed by atoms with Gasteiger partial charge in [0.2, 0.25) is 0 Å². The maximum atomic E-state index is 13.0. The van der Waals surface area contributed by atoms with E-state index in [1.54, 1.807) is 63.2 Å². The summed E-state index contributed by atoms with van der Waals surface area (Å²) in [6.45, 7) is 12.2. The van der Waals surface area contributed by atoms with Crippen LogP contribution in [0.5, 0.6) is 0 Å². The molecular weight excluding hydrogens is 505 g/mol. The summed E-state index contributed by atoms with van der Waals surface area (Å²) in [7, 11) is -1.41. The SMILES string of the molecule is CC(C)(C)OC(=O)c1ccc(C[C@H](NC(=O)c2c(Cl)cccc2Cl)C(=O)OCC[Si](C)(C)C)cc1. The van der Waals surface area contributed by atoms with Gasteiger partial charge in [0.1, 0.15) is 11.6 Å². The van der Waals surface area contributed by atoms with Gasteiger partial charge in [-0.25, -0.2) is 9.59 Å². The zero-order valence-electron chi connectivity index (χ0n) is 21.0.